The summed E-state index contributed by atoms with van der Waals surface area (Å²) in [4.78, 5) is 26.3. The highest BCUT2D eigenvalue weighted by Gasteiger charge is 2.41. The summed E-state index contributed by atoms with van der Waals surface area (Å²) in [6.07, 6.45) is 7.50. The number of nitrogens with zero attached hydrogens (tertiary/aromatic N) is 3. The van der Waals surface area contributed by atoms with Crippen LogP contribution in [0, 0.1) is 18.8 Å². The number of anilines is 2. The molecule has 10 heteroatoms. The van der Waals surface area contributed by atoms with Gasteiger partial charge < -0.3 is 20.5 Å². The van der Waals surface area contributed by atoms with Crippen LogP contribution in [0.2, 0.25) is 0 Å². The first kappa shape index (κ1) is 29.6. The van der Waals surface area contributed by atoms with Crippen LogP contribution in [0.15, 0.2) is 48.8 Å². The highest BCUT2D eigenvalue weighted by atomic mass is 19.3. The first-order valence-electron chi connectivity index (χ1n) is 15.3. The van der Waals surface area contributed by atoms with Gasteiger partial charge in [0.1, 0.15) is 23.3 Å². The molecule has 0 aromatic carbocycles. The molecule has 3 N–H and O–H groups in total. The Bertz CT molecular complexity index is 1430. The van der Waals surface area contributed by atoms with Crippen molar-refractivity contribution in [2.24, 2.45) is 11.8 Å². The molecule has 6 rings (SSSR count). The van der Waals surface area contributed by atoms with Gasteiger partial charge in [0.2, 0.25) is 0 Å². The summed E-state index contributed by atoms with van der Waals surface area (Å²) < 4.78 is 32.2. The van der Waals surface area contributed by atoms with E-state index in [0.29, 0.717) is 42.1 Å². The van der Waals surface area contributed by atoms with Gasteiger partial charge in [-0.25, -0.2) is 18.7 Å². The Balaban J connectivity index is 1.07. The van der Waals surface area contributed by atoms with Crippen LogP contribution in [-0.4, -0.2) is 44.2 Å². The van der Waals surface area contributed by atoms with E-state index in [0.717, 1.165) is 36.8 Å². The molecule has 3 fully saturated rings. The van der Waals surface area contributed by atoms with E-state index in [9.17, 15) is 18.7 Å². The number of carbonyl (C=O) groups excluding carboxylic acids is 1. The number of hydrogen-bond donors (Lipinski definition) is 3. The third-order valence-corrected chi connectivity index (χ3v) is 9.41. The minimum Gasteiger partial charge on any atom is -0.462 e. The van der Waals surface area contributed by atoms with Crippen molar-refractivity contribution in [2.45, 2.75) is 95.4 Å². The van der Waals surface area contributed by atoms with E-state index in [1.165, 1.54) is 31.2 Å². The summed E-state index contributed by atoms with van der Waals surface area (Å²) >= 11 is 0. The number of piperidine rings is 1. The molecule has 3 atom stereocenters. The second-order valence-corrected chi connectivity index (χ2v) is 12.6. The summed E-state index contributed by atoms with van der Waals surface area (Å²) in [5.41, 5.74) is 1.66. The monoisotopic (exact) mass is 591 g/mol. The number of aromatic nitrogens is 3. The number of rotatable bonds is 8. The molecule has 0 radical (unpaired) electrons. The maximum atomic E-state index is 13.1. The van der Waals surface area contributed by atoms with E-state index in [-0.39, 0.29) is 35.3 Å². The fourth-order valence-electron chi connectivity index (χ4n) is 6.97. The van der Waals surface area contributed by atoms with Gasteiger partial charge >= 0.3 is 5.97 Å². The van der Waals surface area contributed by atoms with E-state index in [4.69, 9.17) is 4.74 Å². The predicted molar refractivity (Wildman–Crippen MR) is 159 cm³/mol. The molecule has 2 bridgehead atoms. The number of ether oxygens (including phenoxy) is 1. The van der Waals surface area contributed by atoms with E-state index < -0.39 is 12.0 Å². The van der Waals surface area contributed by atoms with Gasteiger partial charge in [0.05, 0.1) is 17.3 Å². The molecular weight excluding hydrogens is 552 g/mol. The summed E-state index contributed by atoms with van der Waals surface area (Å²) in [6.45, 7) is 3.73. The van der Waals surface area contributed by atoms with E-state index in [1.807, 2.05) is 31.2 Å². The molecule has 2 unspecified atom stereocenters. The Hall–Kier alpha value is -3.50. The van der Waals surface area contributed by atoms with Crippen LogP contribution in [0.3, 0.4) is 0 Å². The fourth-order valence-corrected chi connectivity index (χ4v) is 6.97. The SMILES string of the molecule is Cc1cc(Nc2cc(C(F)F)ccn2)nc(-c2ccc([C@](C)(O)C3CCC(C(=O)OC4CC5CCC(C4)N5)CC3)nc2)c1. The molecule has 2 aliphatic heterocycles. The standard InChI is InChI=1S/C33H39F2N5O3/c1-19-13-27(39-30(14-19)40-29-15-21(31(34)35)11-12-36-29)22-5-10-28(37-18-22)33(2,42)23-6-3-20(4-7-23)32(41)43-26-16-24-8-9-25(17-26)38-24/h5,10-15,18,20,23-26,31,38,42H,3-4,6-9,16-17H2,1-2H3,(H,36,39,40)/t20?,23?,24?,25?,26?,33-/m1/s1. The third-order valence-electron chi connectivity index (χ3n) is 9.41. The fraction of sp³-hybridized carbons (Fsp3) is 0.515. The van der Waals surface area contributed by atoms with Crippen molar-refractivity contribution in [3.8, 4) is 11.3 Å². The summed E-state index contributed by atoms with van der Waals surface area (Å²) in [5.74, 6) is 0.552. The summed E-state index contributed by atoms with van der Waals surface area (Å²) in [7, 11) is 0. The molecule has 3 aromatic heterocycles. The smallest absolute Gasteiger partial charge is 0.309 e. The first-order chi connectivity index (χ1) is 20.6. The molecule has 5 heterocycles. The Labute approximate surface area is 250 Å². The lowest BCUT2D eigenvalue weighted by molar-refractivity contribution is -0.158. The number of fused-ring (bicyclic) bond motifs is 2. The van der Waals surface area contributed by atoms with Gasteiger partial charge in [0.25, 0.3) is 6.43 Å². The molecule has 0 spiro atoms. The zero-order valence-corrected chi connectivity index (χ0v) is 24.6. The van der Waals surface area contributed by atoms with Gasteiger partial charge in [-0.3, -0.25) is 9.78 Å². The predicted octanol–water partition coefficient (Wildman–Crippen LogP) is 6.37. The number of halogens is 2. The van der Waals surface area contributed by atoms with Crippen LogP contribution in [0.25, 0.3) is 11.3 Å². The maximum Gasteiger partial charge on any atom is 0.309 e. The number of nitrogens with one attached hydrogen (secondary N) is 2. The Morgan fingerprint density at radius 2 is 1.77 bits per heavy atom. The molecule has 2 saturated heterocycles. The van der Waals surface area contributed by atoms with E-state index in [1.54, 1.807) is 13.1 Å². The van der Waals surface area contributed by atoms with Crippen LogP contribution < -0.4 is 10.6 Å². The zero-order valence-electron chi connectivity index (χ0n) is 24.6. The van der Waals surface area contributed by atoms with Crippen molar-refractivity contribution in [3.05, 3.63) is 65.6 Å². The van der Waals surface area contributed by atoms with Crippen LogP contribution in [0.4, 0.5) is 20.4 Å². The quantitative estimate of drug-likeness (QED) is 0.260. The number of esters is 1. The second-order valence-electron chi connectivity index (χ2n) is 12.6. The van der Waals surface area contributed by atoms with Crippen molar-refractivity contribution in [3.63, 3.8) is 0 Å². The zero-order chi connectivity index (χ0) is 30.1. The normalized spacial score (nSPS) is 26.6. The van der Waals surface area contributed by atoms with Gasteiger partial charge in [-0.15, -0.1) is 0 Å². The Kier molecular flexibility index (Phi) is 8.42. The average molecular weight is 592 g/mol. The van der Waals surface area contributed by atoms with Crippen molar-refractivity contribution in [1.82, 2.24) is 20.3 Å². The van der Waals surface area contributed by atoms with Crippen molar-refractivity contribution in [2.75, 3.05) is 5.32 Å². The molecular formula is C33H39F2N5O3. The molecule has 228 valence electrons. The van der Waals surface area contributed by atoms with Gasteiger partial charge in [0.15, 0.2) is 0 Å². The number of carbonyl (C=O) groups is 1. The second kappa shape index (κ2) is 12.2. The summed E-state index contributed by atoms with van der Waals surface area (Å²) in [5, 5.41) is 18.2. The Morgan fingerprint density at radius 3 is 2.44 bits per heavy atom. The lowest BCUT2D eigenvalue weighted by atomic mass is 9.73. The van der Waals surface area contributed by atoms with Crippen LogP contribution in [0.5, 0.6) is 0 Å². The first-order valence-corrected chi connectivity index (χ1v) is 15.3. The molecule has 8 nitrogen and oxygen atoms in total. The number of aliphatic hydroxyl groups is 1. The van der Waals surface area contributed by atoms with Crippen LogP contribution >= 0.6 is 0 Å². The largest absolute Gasteiger partial charge is 0.462 e. The molecule has 1 saturated carbocycles. The molecule has 3 aromatic rings. The number of hydrogen-bond acceptors (Lipinski definition) is 8. The van der Waals surface area contributed by atoms with E-state index >= 15 is 0 Å². The van der Waals surface area contributed by atoms with Gasteiger partial charge in [-0.1, -0.05) is 0 Å². The lowest BCUT2D eigenvalue weighted by Gasteiger charge is -2.37. The van der Waals surface area contributed by atoms with Crippen LogP contribution in [-0.2, 0) is 15.1 Å². The Morgan fingerprint density at radius 1 is 1.02 bits per heavy atom. The number of alkyl halides is 2. The number of aryl methyl sites for hydroxylation is 1. The minimum absolute atomic E-state index is 0.0194. The highest BCUT2D eigenvalue weighted by molar-refractivity contribution is 5.72. The molecule has 1 aliphatic carbocycles. The maximum absolute atomic E-state index is 13.1. The molecule has 3 aliphatic rings. The molecule has 0 amide bonds. The molecule has 43 heavy (non-hydrogen) atoms. The van der Waals surface area contributed by atoms with Gasteiger partial charge in [-0.2, -0.15) is 0 Å². The van der Waals surface area contributed by atoms with Gasteiger partial charge in [0, 0.05) is 35.6 Å². The summed E-state index contributed by atoms with van der Waals surface area (Å²) in [6, 6.07) is 11.0. The third kappa shape index (κ3) is 6.70. The lowest BCUT2D eigenvalue weighted by Crippen LogP contribution is -2.43. The van der Waals surface area contributed by atoms with E-state index in [2.05, 4.69) is 25.6 Å². The minimum atomic E-state index is -2.59. The van der Waals surface area contributed by atoms with Crippen molar-refractivity contribution >= 4 is 17.6 Å². The number of pyridine rings is 3. The van der Waals surface area contributed by atoms with Gasteiger partial charge in [-0.05, 0) is 113 Å². The van der Waals surface area contributed by atoms with Crippen LogP contribution in [0.1, 0.15) is 81.5 Å². The highest BCUT2D eigenvalue weighted by Crippen LogP contribution is 2.41. The average Bonchev–Trinajstić information content (AvgIpc) is 3.34. The van der Waals surface area contributed by atoms with Crippen molar-refractivity contribution in [1.29, 1.82) is 0 Å². The topological polar surface area (TPSA) is 109 Å². The van der Waals surface area contributed by atoms with Crippen molar-refractivity contribution < 1.29 is 23.4 Å².